The van der Waals surface area contributed by atoms with Crippen molar-refractivity contribution in [1.82, 2.24) is 19.8 Å². The molecule has 1 atom stereocenters. The highest BCUT2D eigenvalue weighted by Crippen LogP contribution is 2.44. The van der Waals surface area contributed by atoms with Gasteiger partial charge in [0.25, 0.3) is 0 Å². The number of aromatic nitrogens is 2. The first-order chi connectivity index (χ1) is 9.50. The topological polar surface area (TPSA) is 33.1 Å². The molecular formula is C16H28N4. The molecule has 0 radical (unpaired) electrons. The van der Waals surface area contributed by atoms with Gasteiger partial charge in [-0.1, -0.05) is 0 Å². The summed E-state index contributed by atoms with van der Waals surface area (Å²) in [5.41, 5.74) is 0.605. The van der Waals surface area contributed by atoms with Crippen LogP contribution in [0.2, 0.25) is 0 Å². The third kappa shape index (κ3) is 2.91. The summed E-state index contributed by atoms with van der Waals surface area (Å²) in [5, 5.41) is 3.75. The molecule has 0 aromatic carbocycles. The van der Waals surface area contributed by atoms with Gasteiger partial charge in [0.05, 0.1) is 6.33 Å². The molecular weight excluding hydrogens is 248 g/mol. The SMILES string of the molecule is CC1(C)CN(CCCn2ccnc2)C(C)(C2CC2)CN1. The summed E-state index contributed by atoms with van der Waals surface area (Å²) in [6.45, 7) is 11.7. The quantitative estimate of drug-likeness (QED) is 0.894. The van der Waals surface area contributed by atoms with Crippen molar-refractivity contribution in [3.63, 3.8) is 0 Å². The van der Waals surface area contributed by atoms with Gasteiger partial charge < -0.3 is 9.88 Å². The van der Waals surface area contributed by atoms with Crippen molar-refractivity contribution in [3.8, 4) is 0 Å². The monoisotopic (exact) mass is 276 g/mol. The minimum atomic E-state index is 0.239. The lowest BCUT2D eigenvalue weighted by atomic mass is 9.86. The molecule has 4 nitrogen and oxygen atoms in total. The van der Waals surface area contributed by atoms with Crippen LogP contribution in [-0.2, 0) is 6.54 Å². The fourth-order valence-electron chi connectivity index (χ4n) is 3.55. The number of hydrogen-bond acceptors (Lipinski definition) is 3. The molecule has 0 amide bonds. The largest absolute Gasteiger partial charge is 0.337 e. The van der Waals surface area contributed by atoms with E-state index >= 15 is 0 Å². The lowest BCUT2D eigenvalue weighted by Crippen LogP contribution is -2.68. The average Bonchev–Trinajstić information content (AvgIpc) is 3.13. The molecule has 1 aliphatic carbocycles. The van der Waals surface area contributed by atoms with Crippen LogP contribution in [0.5, 0.6) is 0 Å². The molecule has 1 N–H and O–H groups in total. The molecule has 112 valence electrons. The highest BCUT2D eigenvalue weighted by atomic mass is 15.3. The minimum absolute atomic E-state index is 0.239. The molecule has 1 saturated heterocycles. The van der Waals surface area contributed by atoms with E-state index in [9.17, 15) is 0 Å². The van der Waals surface area contributed by atoms with Gasteiger partial charge in [-0.3, -0.25) is 4.90 Å². The van der Waals surface area contributed by atoms with Crippen LogP contribution in [0.1, 0.15) is 40.0 Å². The van der Waals surface area contributed by atoms with E-state index in [1.54, 1.807) is 0 Å². The molecule has 0 bridgehead atoms. The first kappa shape index (κ1) is 14.1. The smallest absolute Gasteiger partial charge is 0.0945 e. The number of rotatable bonds is 5. The van der Waals surface area contributed by atoms with Crippen LogP contribution in [0.15, 0.2) is 18.7 Å². The molecule has 1 saturated carbocycles. The van der Waals surface area contributed by atoms with Gasteiger partial charge in [0, 0.05) is 49.7 Å². The van der Waals surface area contributed by atoms with E-state index < -0.39 is 0 Å². The Kier molecular flexibility index (Phi) is 3.63. The molecule has 2 fully saturated rings. The molecule has 3 rings (SSSR count). The molecule has 2 aliphatic rings. The van der Waals surface area contributed by atoms with Crippen molar-refractivity contribution in [3.05, 3.63) is 18.7 Å². The lowest BCUT2D eigenvalue weighted by molar-refractivity contribution is 0.0104. The van der Waals surface area contributed by atoms with E-state index in [1.165, 1.54) is 25.8 Å². The molecule has 4 heteroatoms. The van der Waals surface area contributed by atoms with E-state index in [2.05, 4.69) is 46.7 Å². The molecule has 1 unspecified atom stereocenters. The number of nitrogens with zero attached hydrogens (tertiary/aromatic N) is 3. The Morgan fingerprint density at radius 3 is 2.70 bits per heavy atom. The van der Waals surface area contributed by atoms with Gasteiger partial charge in [-0.05, 0) is 46.0 Å². The Bertz CT molecular complexity index is 435. The van der Waals surface area contributed by atoms with E-state index in [0.717, 1.165) is 25.6 Å². The first-order valence-corrected chi connectivity index (χ1v) is 7.95. The average molecular weight is 276 g/mol. The van der Waals surface area contributed by atoms with E-state index in [-0.39, 0.29) is 5.54 Å². The van der Waals surface area contributed by atoms with Crippen molar-refractivity contribution in [2.75, 3.05) is 19.6 Å². The van der Waals surface area contributed by atoms with Gasteiger partial charge in [-0.2, -0.15) is 0 Å². The minimum Gasteiger partial charge on any atom is -0.337 e. The van der Waals surface area contributed by atoms with Crippen LogP contribution >= 0.6 is 0 Å². The lowest BCUT2D eigenvalue weighted by Gasteiger charge is -2.52. The summed E-state index contributed by atoms with van der Waals surface area (Å²) in [4.78, 5) is 6.86. The molecule has 2 heterocycles. The van der Waals surface area contributed by atoms with Crippen molar-refractivity contribution in [2.45, 2.75) is 57.7 Å². The van der Waals surface area contributed by atoms with Gasteiger partial charge in [0.2, 0.25) is 0 Å². The van der Waals surface area contributed by atoms with Gasteiger partial charge in [0.1, 0.15) is 0 Å². The van der Waals surface area contributed by atoms with Crippen LogP contribution in [0.3, 0.4) is 0 Å². The maximum Gasteiger partial charge on any atom is 0.0945 e. The summed E-state index contributed by atoms with van der Waals surface area (Å²) in [5.74, 6) is 0.902. The number of aryl methyl sites for hydroxylation is 1. The van der Waals surface area contributed by atoms with Gasteiger partial charge in [0.15, 0.2) is 0 Å². The number of piperazine rings is 1. The zero-order valence-electron chi connectivity index (χ0n) is 13.1. The van der Waals surface area contributed by atoms with Gasteiger partial charge in [-0.25, -0.2) is 4.98 Å². The molecule has 0 spiro atoms. The Hall–Kier alpha value is -0.870. The summed E-state index contributed by atoms with van der Waals surface area (Å²) < 4.78 is 2.18. The third-order valence-electron chi connectivity index (χ3n) is 5.09. The normalized spacial score (nSPS) is 30.6. The van der Waals surface area contributed by atoms with Gasteiger partial charge in [-0.15, -0.1) is 0 Å². The summed E-state index contributed by atoms with van der Waals surface area (Å²) in [6.07, 6.45) is 9.87. The predicted octanol–water partition coefficient (Wildman–Crippen LogP) is 2.13. The number of nitrogens with one attached hydrogen (secondary N) is 1. The number of imidazole rings is 1. The van der Waals surface area contributed by atoms with Crippen LogP contribution in [-0.4, -0.2) is 45.2 Å². The van der Waals surface area contributed by atoms with Gasteiger partial charge >= 0.3 is 0 Å². The first-order valence-electron chi connectivity index (χ1n) is 7.95. The molecule has 1 aliphatic heterocycles. The molecule has 1 aromatic heterocycles. The standard InChI is InChI=1S/C16H28N4/c1-15(2)12-20(9-4-8-19-10-7-17-13-19)16(3,11-18-15)14-5-6-14/h7,10,13-14,18H,4-6,8-9,11-12H2,1-3H3. The summed E-state index contributed by atoms with van der Waals surface area (Å²) in [7, 11) is 0. The molecule has 1 aromatic rings. The Labute approximate surface area is 122 Å². The van der Waals surface area contributed by atoms with Crippen molar-refractivity contribution in [2.24, 2.45) is 5.92 Å². The Morgan fingerprint density at radius 2 is 2.05 bits per heavy atom. The third-order valence-corrected chi connectivity index (χ3v) is 5.09. The van der Waals surface area contributed by atoms with Crippen molar-refractivity contribution in [1.29, 1.82) is 0 Å². The maximum atomic E-state index is 4.12. The van der Waals surface area contributed by atoms with E-state index in [4.69, 9.17) is 0 Å². The van der Waals surface area contributed by atoms with Crippen molar-refractivity contribution < 1.29 is 0 Å². The Balaban J connectivity index is 1.60. The fraction of sp³-hybridized carbons (Fsp3) is 0.812. The van der Waals surface area contributed by atoms with E-state index in [1.807, 2.05) is 12.5 Å². The second-order valence-electron chi connectivity index (χ2n) is 7.44. The highest BCUT2D eigenvalue weighted by Gasteiger charge is 2.49. The van der Waals surface area contributed by atoms with Crippen molar-refractivity contribution >= 4 is 0 Å². The van der Waals surface area contributed by atoms with Crippen LogP contribution < -0.4 is 5.32 Å². The summed E-state index contributed by atoms with van der Waals surface area (Å²) >= 11 is 0. The van der Waals surface area contributed by atoms with Crippen LogP contribution in [0.25, 0.3) is 0 Å². The number of hydrogen-bond donors (Lipinski definition) is 1. The van der Waals surface area contributed by atoms with Crippen LogP contribution in [0.4, 0.5) is 0 Å². The Morgan fingerprint density at radius 1 is 1.25 bits per heavy atom. The summed E-state index contributed by atoms with van der Waals surface area (Å²) in [6, 6.07) is 0. The zero-order chi connectivity index (χ0) is 14.2. The van der Waals surface area contributed by atoms with E-state index in [0.29, 0.717) is 5.54 Å². The predicted molar refractivity (Wildman–Crippen MR) is 81.6 cm³/mol. The second-order valence-corrected chi connectivity index (χ2v) is 7.44. The maximum absolute atomic E-state index is 4.12. The zero-order valence-corrected chi connectivity index (χ0v) is 13.1. The fourth-order valence-corrected chi connectivity index (χ4v) is 3.55. The highest BCUT2D eigenvalue weighted by molar-refractivity contribution is 5.07. The second kappa shape index (κ2) is 5.15. The van der Waals surface area contributed by atoms with Crippen LogP contribution in [0, 0.1) is 5.92 Å². The molecule has 20 heavy (non-hydrogen) atoms.